The van der Waals surface area contributed by atoms with Gasteiger partial charge in [-0.1, -0.05) is 36.4 Å². The Morgan fingerprint density at radius 2 is 2.07 bits per heavy atom. The molecule has 0 amide bonds. The lowest BCUT2D eigenvalue weighted by Gasteiger charge is -1.99. The minimum absolute atomic E-state index is 0.321. The zero-order valence-electron chi connectivity index (χ0n) is 7.72. The highest BCUT2D eigenvalue weighted by atomic mass is 16.5. The van der Waals surface area contributed by atoms with Crippen LogP contribution in [0.15, 0.2) is 42.5 Å². The molecule has 0 saturated carbocycles. The molecule has 0 radical (unpaired) electrons. The van der Waals surface area contributed by atoms with Crippen molar-refractivity contribution in [2.45, 2.75) is 6.61 Å². The van der Waals surface area contributed by atoms with Crippen LogP contribution in [0.5, 0.6) is 0 Å². The molecule has 0 fully saturated rings. The summed E-state index contributed by atoms with van der Waals surface area (Å²) in [5.41, 5.74) is 1.08. The number of hydrogen-bond donors (Lipinski definition) is 1. The summed E-state index contributed by atoms with van der Waals surface area (Å²) in [4.78, 5) is 10.1. The van der Waals surface area contributed by atoms with Gasteiger partial charge in [0, 0.05) is 6.08 Å². The van der Waals surface area contributed by atoms with Gasteiger partial charge in [-0.25, -0.2) is 4.79 Å². The van der Waals surface area contributed by atoms with Gasteiger partial charge < -0.3 is 9.84 Å². The third-order valence-corrected chi connectivity index (χ3v) is 1.59. The van der Waals surface area contributed by atoms with Gasteiger partial charge in [-0.15, -0.1) is 0 Å². The molecule has 0 heterocycles. The van der Waals surface area contributed by atoms with Crippen molar-refractivity contribution in [2.24, 2.45) is 0 Å². The molecule has 0 aliphatic heterocycles. The lowest BCUT2D eigenvalue weighted by molar-refractivity contribution is -0.131. The van der Waals surface area contributed by atoms with Gasteiger partial charge in [0.2, 0.25) is 0 Å². The zero-order valence-corrected chi connectivity index (χ0v) is 7.72. The second-order valence-electron chi connectivity index (χ2n) is 2.74. The molecule has 0 bridgehead atoms. The van der Waals surface area contributed by atoms with Crippen molar-refractivity contribution in [3.63, 3.8) is 0 Å². The zero-order chi connectivity index (χ0) is 10.2. The van der Waals surface area contributed by atoms with Crippen LogP contribution in [0.2, 0.25) is 0 Å². The second kappa shape index (κ2) is 5.94. The monoisotopic (exact) mass is 192 g/mol. The van der Waals surface area contributed by atoms with E-state index in [-0.39, 0.29) is 0 Å². The number of rotatable bonds is 5. The topological polar surface area (TPSA) is 46.5 Å². The summed E-state index contributed by atoms with van der Waals surface area (Å²) in [5, 5.41) is 8.29. The Morgan fingerprint density at radius 1 is 1.36 bits per heavy atom. The van der Waals surface area contributed by atoms with E-state index in [0.29, 0.717) is 13.2 Å². The fourth-order valence-corrected chi connectivity index (χ4v) is 0.968. The molecule has 3 heteroatoms. The van der Waals surface area contributed by atoms with Crippen LogP contribution in [-0.2, 0) is 16.1 Å². The Kier molecular flexibility index (Phi) is 4.44. The molecule has 0 aliphatic rings. The molecule has 0 unspecified atom stereocenters. The summed E-state index contributed by atoms with van der Waals surface area (Å²) in [6.45, 7) is 0.825. The van der Waals surface area contributed by atoms with E-state index in [9.17, 15) is 4.79 Å². The first-order valence-corrected chi connectivity index (χ1v) is 4.30. The molecule has 14 heavy (non-hydrogen) atoms. The first kappa shape index (κ1) is 10.5. The molecular weight excluding hydrogens is 180 g/mol. The molecule has 0 aliphatic carbocycles. The molecule has 74 valence electrons. The Hall–Kier alpha value is -1.61. The summed E-state index contributed by atoms with van der Waals surface area (Å²) in [6.07, 6.45) is 2.55. The lowest BCUT2D eigenvalue weighted by Crippen LogP contribution is -1.94. The Balaban J connectivity index is 2.19. The fourth-order valence-electron chi connectivity index (χ4n) is 0.968. The van der Waals surface area contributed by atoms with Crippen LogP contribution < -0.4 is 0 Å². The largest absolute Gasteiger partial charge is 0.478 e. The van der Waals surface area contributed by atoms with Crippen molar-refractivity contribution >= 4 is 5.97 Å². The number of hydrogen-bond acceptors (Lipinski definition) is 2. The predicted octanol–water partition coefficient (Wildman–Crippen LogP) is 1.84. The molecule has 0 saturated heterocycles. The number of carboxylic acid groups (broad SMARTS) is 1. The normalized spacial score (nSPS) is 10.6. The summed E-state index contributed by atoms with van der Waals surface area (Å²) in [7, 11) is 0. The first-order chi connectivity index (χ1) is 6.79. The molecule has 1 rings (SSSR count). The number of carboxylic acids is 1. The smallest absolute Gasteiger partial charge is 0.328 e. The highest BCUT2D eigenvalue weighted by molar-refractivity contribution is 5.79. The number of benzene rings is 1. The van der Waals surface area contributed by atoms with Gasteiger partial charge in [0.15, 0.2) is 0 Å². The van der Waals surface area contributed by atoms with E-state index >= 15 is 0 Å². The summed E-state index contributed by atoms with van der Waals surface area (Å²) >= 11 is 0. The minimum atomic E-state index is -0.951. The highest BCUT2D eigenvalue weighted by Crippen LogP contribution is 1.99. The molecule has 1 N–H and O–H groups in total. The van der Waals surface area contributed by atoms with Crippen LogP contribution in [-0.4, -0.2) is 17.7 Å². The van der Waals surface area contributed by atoms with E-state index in [4.69, 9.17) is 9.84 Å². The van der Waals surface area contributed by atoms with Crippen LogP contribution in [0, 0.1) is 0 Å². The lowest BCUT2D eigenvalue weighted by atomic mass is 10.2. The van der Waals surface area contributed by atoms with Gasteiger partial charge in [0.25, 0.3) is 0 Å². The van der Waals surface area contributed by atoms with Gasteiger partial charge in [-0.05, 0) is 5.56 Å². The van der Waals surface area contributed by atoms with E-state index in [1.54, 1.807) is 0 Å². The van der Waals surface area contributed by atoms with Crippen molar-refractivity contribution in [3.8, 4) is 0 Å². The molecule has 3 nitrogen and oxygen atoms in total. The predicted molar refractivity (Wildman–Crippen MR) is 52.9 cm³/mol. The average molecular weight is 192 g/mol. The number of carbonyl (C=O) groups is 1. The van der Waals surface area contributed by atoms with Gasteiger partial charge in [0.05, 0.1) is 13.2 Å². The van der Waals surface area contributed by atoms with Crippen molar-refractivity contribution in [2.75, 3.05) is 6.61 Å². The standard InChI is InChI=1S/C11H12O3/c12-11(13)7-4-8-14-9-10-5-2-1-3-6-10/h1-7H,8-9H2,(H,12,13). The molecule has 0 spiro atoms. The molecule has 0 aromatic heterocycles. The van der Waals surface area contributed by atoms with Crippen LogP contribution in [0.25, 0.3) is 0 Å². The number of ether oxygens (including phenoxy) is 1. The van der Waals surface area contributed by atoms with Crippen molar-refractivity contribution in [1.29, 1.82) is 0 Å². The van der Waals surface area contributed by atoms with E-state index in [0.717, 1.165) is 11.6 Å². The third kappa shape index (κ3) is 4.42. The highest BCUT2D eigenvalue weighted by Gasteiger charge is 1.89. The maximum Gasteiger partial charge on any atom is 0.328 e. The molecule has 0 atom stereocenters. The Bertz CT molecular complexity index is 304. The SMILES string of the molecule is O=C(O)C=CCOCc1ccccc1. The van der Waals surface area contributed by atoms with Gasteiger partial charge in [0.1, 0.15) is 0 Å². The van der Waals surface area contributed by atoms with Gasteiger partial charge in [-0.3, -0.25) is 0 Å². The van der Waals surface area contributed by atoms with E-state index in [1.807, 2.05) is 30.3 Å². The van der Waals surface area contributed by atoms with Crippen LogP contribution >= 0.6 is 0 Å². The Morgan fingerprint density at radius 3 is 2.71 bits per heavy atom. The first-order valence-electron chi connectivity index (χ1n) is 4.30. The fraction of sp³-hybridized carbons (Fsp3) is 0.182. The van der Waals surface area contributed by atoms with Crippen molar-refractivity contribution in [1.82, 2.24) is 0 Å². The van der Waals surface area contributed by atoms with Crippen LogP contribution in [0.3, 0.4) is 0 Å². The number of aliphatic carboxylic acids is 1. The van der Waals surface area contributed by atoms with E-state index < -0.39 is 5.97 Å². The quantitative estimate of drug-likeness (QED) is 0.572. The minimum Gasteiger partial charge on any atom is -0.478 e. The van der Waals surface area contributed by atoms with Crippen LogP contribution in [0.1, 0.15) is 5.56 Å². The van der Waals surface area contributed by atoms with Crippen molar-refractivity contribution in [3.05, 3.63) is 48.0 Å². The van der Waals surface area contributed by atoms with E-state index in [1.165, 1.54) is 6.08 Å². The van der Waals surface area contributed by atoms with Gasteiger partial charge >= 0.3 is 5.97 Å². The molecule has 1 aromatic carbocycles. The van der Waals surface area contributed by atoms with E-state index in [2.05, 4.69) is 0 Å². The molecular formula is C11H12O3. The van der Waals surface area contributed by atoms with Gasteiger partial charge in [-0.2, -0.15) is 0 Å². The maximum atomic E-state index is 10.1. The molecule has 1 aromatic rings. The summed E-state index contributed by atoms with van der Waals surface area (Å²) < 4.78 is 5.22. The third-order valence-electron chi connectivity index (χ3n) is 1.59. The Labute approximate surface area is 82.6 Å². The second-order valence-corrected chi connectivity index (χ2v) is 2.74. The van der Waals surface area contributed by atoms with Crippen LogP contribution in [0.4, 0.5) is 0 Å². The van der Waals surface area contributed by atoms with Crippen molar-refractivity contribution < 1.29 is 14.6 Å². The maximum absolute atomic E-state index is 10.1. The summed E-state index contributed by atoms with van der Waals surface area (Å²) in [6, 6.07) is 9.73. The average Bonchev–Trinajstić information content (AvgIpc) is 2.18. The summed E-state index contributed by atoms with van der Waals surface area (Å²) in [5.74, 6) is -0.951.